The first-order chi connectivity index (χ1) is 12.9. The van der Waals surface area contributed by atoms with Crippen LogP contribution < -0.4 is 20.7 Å². The third-order valence-electron chi connectivity index (χ3n) is 3.73. The molecule has 0 amide bonds. The van der Waals surface area contributed by atoms with Crippen LogP contribution in [0.2, 0.25) is 0 Å². The lowest BCUT2D eigenvalue weighted by atomic mass is 10.2. The largest absolute Gasteiger partial charge is 0.360 e. The molecule has 0 radical (unpaired) electrons. The van der Waals surface area contributed by atoms with Crippen molar-refractivity contribution in [3.63, 3.8) is 0 Å². The zero-order valence-electron chi connectivity index (χ0n) is 14.8. The van der Waals surface area contributed by atoms with Gasteiger partial charge < -0.3 is 16.0 Å². The number of nitrogens with one attached hydrogen (secondary N) is 4. The minimum atomic E-state index is -3.54. The highest BCUT2D eigenvalue weighted by Crippen LogP contribution is 2.19. The number of benzene rings is 2. The average molecular weight is 383 g/mol. The number of anilines is 3. The first-order valence-corrected chi connectivity index (χ1v) is 9.84. The number of aliphatic imine (C=N–C) groups is 1. The Hall–Kier alpha value is -3.26. The second-order valence-corrected chi connectivity index (χ2v) is 7.61. The van der Waals surface area contributed by atoms with Gasteiger partial charge in [-0.05, 0) is 42.8 Å². The van der Waals surface area contributed by atoms with Gasteiger partial charge in [0.2, 0.25) is 0 Å². The summed E-state index contributed by atoms with van der Waals surface area (Å²) < 4.78 is 25.7. The van der Waals surface area contributed by atoms with Gasteiger partial charge in [-0.25, -0.2) is 13.4 Å². The molecule has 1 heterocycles. The minimum Gasteiger partial charge on any atom is -0.360 e. The number of hydrogen-bond donors (Lipinski definition) is 4. The van der Waals surface area contributed by atoms with Gasteiger partial charge in [0.05, 0.1) is 12.0 Å². The van der Waals surface area contributed by atoms with Gasteiger partial charge in [0.25, 0.3) is 10.0 Å². The summed E-state index contributed by atoms with van der Waals surface area (Å²) in [5.41, 5.74) is 3.32. The van der Waals surface area contributed by atoms with E-state index in [0.717, 1.165) is 22.6 Å². The first-order valence-electron chi connectivity index (χ1n) is 8.29. The van der Waals surface area contributed by atoms with Gasteiger partial charge in [-0.15, -0.1) is 0 Å². The van der Waals surface area contributed by atoms with Crippen LogP contribution in [0.1, 0.15) is 5.56 Å². The maximum absolute atomic E-state index is 11.6. The Morgan fingerprint density at radius 1 is 1.11 bits per heavy atom. The van der Waals surface area contributed by atoms with E-state index in [4.69, 9.17) is 0 Å². The average Bonchev–Trinajstić information content (AvgIpc) is 2.62. The highest BCUT2D eigenvalue weighted by atomic mass is 32.2. The van der Waals surface area contributed by atoms with E-state index in [1.807, 2.05) is 43.3 Å². The molecule has 1 aliphatic rings. The van der Waals surface area contributed by atoms with E-state index < -0.39 is 10.0 Å². The van der Waals surface area contributed by atoms with Crippen LogP contribution in [0.3, 0.4) is 0 Å². The molecule has 3 rings (SSSR count). The summed E-state index contributed by atoms with van der Waals surface area (Å²) in [6, 6.07) is 15.0. The molecule has 140 valence electrons. The number of hydrogen-bond acceptors (Lipinski definition) is 6. The molecule has 0 bridgehead atoms. The second kappa shape index (κ2) is 7.96. The summed E-state index contributed by atoms with van der Waals surface area (Å²) in [6.45, 7) is 5.32. The second-order valence-electron chi connectivity index (χ2n) is 5.98. The van der Waals surface area contributed by atoms with Crippen molar-refractivity contribution in [2.75, 3.05) is 15.4 Å². The summed E-state index contributed by atoms with van der Waals surface area (Å²) in [6.07, 6.45) is 3.22. The smallest absolute Gasteiger partial charge is 0.254 e. The minimum absolute atomic E-state index is 0.301. The van der Waals surface area contributed by atoms with Gasteiger partial charge in [-0.1, -0.05) is 24.8 Å². The van der Waals surface area contributed by atoms with Gasteiger partial charge in [0, 0.05) is 22.9 Å². The molecule has 0 saturated carbocycles. The Bertz CT molecular complexity index is 999. The Kier molecular flexibility index (Phi) is 5.46. The summed E-state index contributed by atoms with van der Waals surface area (Å²) in [5, 5.41) is 10.5. The molecular weight excluding hydrogens is 362 g/mol. The fourth-order valence-corrected chi connectivity index (χ4v) is 3.06. The van der Waals surface area contributed by atoms with Gasteiger partial charge in [0.15, 0.2) is 0 Å². The molecule has 0 aromatic heterocycles. The molecule has 1 aliphatic heterocycles. The quantitative estimate of drug-likeness (QED) is 0.589. The molecule has 1 unspecified atom stereocenters. The molecule has 2 aromatic rings. The van der Waals surface area contributed by atoms with Crippen LogP contribution >= 0.6 is 0 Å². The van der Waals surface area contributed by atoms with E-state index >= 15 is 0 Å². The number of aryl methyl sites for hydroxylation is 1. The SMILES string of the molecule is C=CS(=O)(=O)Nc1cccc(NC2C=C(Nc3cccc(C)c3)NC=N2)c1. The molecule has 0 saturated heterocycles. The van der Waals surface area contributed by atoms with Crippen molar-refractivity contribution < 1.29 is 8.42 Å². The molecular formula is C19H21N5O2S. The van der Waals surface area contributed by atoms with Gasteiger partial charge >= 0.3 is 0 Å². The Morgan fingerprint density at radius 3 is 2.63 bits per heavy atom. The lowest BCUT2D eigenvalue weighted by molar-refractivity contribution is 0.609. The van der Waals surface area contributed by atoms with Gasteiger partial charge in [-0.3, -0.25) is 4.72 Å². The summed E-state index contributed by atoms with van der Waals surface area (Å²) in [5.74, 6) is 0.802. The molecule has 7 nitrogen and oxygen atoms in total. The Balaban J connectivity index is 1.70. The fourth-order valence-electron chi connectivity index (χ4n) is 2.52. The molecule has 2 aromatic carbocycles. The van der Waals surface area contributed by atoms with Crippen molar-refractivity contribution in [1.29, 1.82) is 0 Å². The van der Waals surface area contributed by atoms with Crippen molar-refractivity contribution in [3.8, 4) is 0 Å². The standard InChI is InChI=1S/C19H21N5O2S/c1-3-27(25,26)24-17-9-5-8-16(11-17)23-19-12-18(20-13-21-19)22-15-7-4-6-14(2)10-15/h3-13,19,22-24H,1H2,2H3,(H,20,21). The van der Waals surface area contributed by atoms with Gasteiger partial charge in [-0.2, -0.15) is 0 Å². The maximum atomic E-state index is 11.6. The van der Waals surface area contributed by atoms with Crippen molar-refractivity contribution in [3.05, 3.63) is 78.0 Å². The van der Waals surface area contributed by atoms with E-state index in [1.165, 1.54) is 5.56 Å². The van der Waals surface area contributed by atoms with Crippen molar-refractivity contribution >= 4 is 33.4 Å². The molecule has 27 heavy (non-hydrogen) atoms. The van der Waals surface area contributed by atoms with E-state index in [0.29, 0.717) is 5.69 Å². The third kappa shape index (κ3) is 5.35. The zero-order chi connectivity index (χ0) is 19.3. The number of sulfonamides is 1. The zero-order valence-corrected chi connectivity index (χ0v) is 15.6. The van der Waals surface area contributed by atoms with Crippen molar-refractivity contribution in [2.24, 2.45) is 4.99 Å². The third-order valence-corrected chi connectivity index (χ3v) is 4.69. The van der Waals surface area contributed by atoms with E-state index in [2.05, 4.69) is 32.2 Å². The Labute approximate surface area is 159 Å². The highest BCUT2D eigenvalue weighted by molar-refractivity contribution is 7.95. The van der Waals surface area contributed by atoms with E-state index in [1.54, 1.807) is 24.5 Å². The normalized spacial score (nSPS) is 16.0. The molecule has 1 atom stereocenters. The molecule has 0 spiro atoms. The molecule has 0 fully saturated rings. The Morgan fingerprint density at radius 2 is 1.85 bits per heavy atom. The lowest BCUT2D eigenvalue weighted by Crippen LogP contribution is -2.28. The molecule has 0 aliphatic carbocycles. The van der Waals surface area contributed by atoms with Crippen LogP contribution in [0.25, 0.3) is 0 Å². The monoisotopic (exact) mass is 383 g/mol. The van der Waals surface area contributed by atoms with Crippen LogP contribution in [0.15, 0.2) is 77.4 Å². The number of rotatable bonds is 7. The van der Waals surface area contributed by atoms with Crippen LogP contribution in [0, 0.1) is 6.92 Å². The number of nitrogens with zero attached hydrogens (tertiary/aromatic N) is 1. The van der Waals surface area contributed by atoms with Crippen LogP contribution in [-0.2, 0) is 10.0 Å². The van der Waals surface area contributed by atoms with Crippen LogP contribution in [-0.4, -0.2) is 20.9 Å². The van der Waals surface area contributed by atoms with Crippen molar-refractivity contribution in [2.45, 2.75) is 13.1 Å². The summed E-state index contributed by atoms with van der Waals surface area (Å²) >= 11 is 0. The van der Waals surface area contributed by atoms with Crippen molar-refractivity contribution in [1.82, 2.24) is 5.32 Å². The topological polar surface area (TPSA) is 94.6 Å². The summed E-state index contributed by atoms with van der Waals surface area (Å²) in [4.78, 5) is 4.34. The predicted molar refractivity (Wildman–Crippen MR) is 111 cm³/mol. The van der Waals surface area contributed by atoms with Crippen LogP contribution in [0.5, 0.6) is 0 Å². The molecule has 4 N–H and O–H groups in total. The van der Waals surface area contributed by atoms with Crippen LogP contribution in [0.4, 0.5) is 17.1 Å². The van der Waals surface area contributed by atoms with Gasteiger partial charge in [0.1, 0.15) is 12.0 Å². The lowest BCUT2D eigenvalue weighted by Gasteiger charge is -2.20. The predicted octanol–water partition coefficient (Wildman–Crippen LogP) is 3.20. The highest BCUT2D eigenvalue weighted by Gasteiger charge is 2.11. The summed E-state index contributed by atoms with van der Waals surface area (Å²) in [7, 11) is -3.54. The first kappa shape index (κ1) is 18.5. The fraction of sp³-hybridized carbons (Fsp3) is 0.105. The van der Waals surface area contributed by atoms with E-state index in [-0.39, 0.29) is 6.17 Å². The maximum Gasteiger partial charge on any atom is 0.254 e. The molecule has 8 heteroatoms. The van der Waals surface area contributed by atoms with E-state index in [9.17, 15) is 8.42 Å².